The van der Waals surface area contributed by atoms with Gasteiger partial charge >= 0.3 is 0 Å². The van der Waals surface area contributed by atoms with Gasteiger partial charge in [0.05, 0.1) is 5.69 Å². The number of benzene rings is 1. The number of aryl methyl sites for hydroxylation is 1. The molecule has 2 aromatic rings. The van der Waals surface area contributed by atoms with Gasteiger partial charge in [-0.3, -0.25) is 4.79 Å². The lowest BCUT2D eigenvalue weighted by atomic mass is 9.72. The maximum Gasteiger partial charge on any atom is 0.267 e. The van der Waals surface area contributed by atoms with Gasteiger partial charge in [-0.25, -0.2) is 4.98 Å². The SMILES string of the molecule is CC1(C)CCC(CCc2ccc(-c3cccc(C(N)=O)n3)cc2)CC1.Cl. The van der Waals surface area contributed by atoms with Gasteiger partial charge in [0.2, 0.25) is 0 Å². The lowest BCUT2D eigenvalue weighted by Gasteiger charge is -2.34. The number of aromatic nitrogens is 1. The molecule has 0 unspecified atom stereocenters. The lowest BCUT2D eigenvalue weighted by molar-refractivity contribution is 0.0995. The van der Waals surface area contributed by atoms with Crippen molar-refractivity contribution in [3.05, 3.63) is 53.7 Å². The van der Waals surface area contributed by atoms with Gasteiger partial charge in [0, 0.05) is 5.56 Å². The Morgan fingerprint density at radius 2 is 1.77 bits per heavy atom. The summed E-state index contributed by atoms with van der Waals surface area (Å²) in [6.07, 6.45) is 7.88. The van der Waals surface area contributed by atoms with Crippen molar-refractivity contribution >= 4 is 18.3 Å². The number of rotatable bonds is 5. The largest absolute Gasteiger partial charge is 0.364 e. The number of nitrogens with zero attached hydrogens (tertiary/aromatic N) is 1. The Kier molecular flexibility index (Phi) is 6.82. The molecule has 0 radical (unpaired) electrons. The predicted octanol–water partition coefficient (Wildman–Crippen LogP) is 5.42. The van der Waals surface area contributed by atoms with E-state index in [9.17, 15) is 4.79 Å². The van der Waals surface area contributed by atoms with Crippen molar-refractivity contribution < 1.29 is 4.79 Å². The molecular formula is C22H29ClN2O. The van der Waals surface area contributed by atoms with Gasteiger partial charge in [-0.15, -0.1) is 12.4 Å². The quantitative estimate of drug-likeness (QED) is 0.761. The molecule has 1 aromatic carbocycles. The summed E-state index contributed by atoms with van der Waals surface area (Å²) in [5.74, 6) is 0.385. The van der Waals surface area contributed by atoms with Crippen LogP contribution in [0.5, 0.6) is 0 Å². The molecule has 1 heterocycles. The van der Waals surface area contributed by atoms with E-state index in [0.29, 0.717) is 11.1 Å². The first kappa shape index (κ1) is 20.4. The lowest BCUT2D eigenvalue weighted by Crippen LogP contribution is -2.21. The summed E-state index contributed by atoms with van der Waals surface area (Å²) < 4.78 is 0. The van der Waals surface area contributed by atoms with Gasteiger partial charge in [-0.1, -0.05) is 44.2 Å². The number of carbonyl (C=O) groups is 1. The highest BCUT2D eigenvalue weighted by atomic mass is 35.5. The maximum absolute atomic E-state index is 11.3. The molecule has 1 aromatic heterocycles. The highest BCUT2D eigenvalue weighted by Crippen LogP contribution is 2.39. The molecule has 0 spiro atoms. The Morgan fingerprint density at radius 3 is 2.38 bits per heavy atom. The first-order valence-corrected chi connectivity index (χ1v) is 9.29. The second-order valence-electron chi connectivity index (χ2n) is 8.12. The zero-order valence-electron chi connectivity index (χ0n) is 15.7. The van der Waals surface area contributed by atoms with Crippen LogP contribution in [0.3, 0.4) is 0 Å². The molecule has 3 nitrogen and oxygen atoms in total. The summed E-state index contributed by atoms with van der Waals surface area (Å²) in [5, 5.41) is 0. The second kappa shape index (κ2) is 8.68. The van der Waals surface area contributed by atoms with Gasteiger partial charge in [0.15, 0.2) is 0 Å². The fourth-order valence-electron chi connectivity index (χ4n) is 3.69. The topological polar surface area (TPSA) is 56.0 Å². The Balaban J connectivity index is 0.00000243. The van der Waals surface area contributed by atoms with E-state index in [1.807, 2.05) is 12.1 Å². The highest BCUT2D eigenvalue weighted by Gasteiger charge is 2.26. The van der Waals surface area contributed by atoms with Crippen molar-refractivity contribution in [2.45, 2.75) is 52.4 Å². The molecule has 3 rings (SSSR count). The van der Waals surface area contributed by atoms with Crippen molar-refractivity contribution in [3.63, 3.8) is 0 Å². The summed E-state index contributed by atoms with van der Waals surface area (Å²) in [6, 6.07) is 13.9. The van der Waals surface area contributed by atoms with Crippen molar-refractivity contribution in [1.82, 2.24) is 4.98 Å². The fraction of sp³-hybridized carbons (Fsp3) is 0.455. The van der Waals surface area contributed by atoms with Crippen LogP contribution in [-0.2, 0) is 6.42 Å². The number of primary amides is 1. The Hall–Kier alpha value is -1.87. The van der Waals surface area contributed by atoms with E-state index in [2.05, 4.69) is 43.1 Å². The van der Waals surface area contributed by atoms with Crippen LogP contribution >= 0.6 is 12.4 Å². The zero-order valence-corrected chi connectivity index (χ0v) is 16.5. The zero-order chi connectivity index (χ0) is 17.9. The number of amides is 1. The highest BCUT2D eigenvalue weighted by molar-refractivity contribution is 5.91. The van der Waals surface area contributed by atoms with Crippen LogP contribution < -0.4 is 5.73 Å². The molecule has 0 saturated heterocycles. The number of halogens is 1. The van der Waals surface area contributed by atoms with Crippen LogP contribution in [0, 0.1) is 11.3 Å². The molecule has 1 amide bonds. The molecule has 1 fully saturated rings. The van der Waals surface area contributed by atoms with E-state index >= 15 is 0 Å². The third-order valence-corrected chi connectivity index (χ3v) is 5.55. The van der Waals surface area contributed by atoms with Crippen LogP contribution in [0.1, 0.15) is 62.0 Å². The third-order valence-electron chi connectivity index (χ3n) is 5.55. The van der Waals surface area contributed by atoms with Crippen LogP contribution in [-0.4, -0.2) is 10.9 Å². The molecule has 1 aliphatic carbocycles. The van der Waals surface area contributed by atoms with E-state index in [4.69, 9.17) is 5.73 Å². The van der Waals surface area contributed by atoms with E-state index in [-0.39, 0.29) is 12.4 Å². The summed E-state index contributed by atoms with van der Waals surface area (Å²) in [4.78, 5) is 15.6. The van der Waals surface area contributed by atoms with Gasteiger partial charge in [-0.05, 0) is 67.6 Å². The summed E-state index contributed by atoms with van der Waals surface area (Å²) in [6.45, 7) is 4.78. The first-order valence-electron chi connectivity index (χ1n) is 9.29. The van der Waals surface area contributed by atoms with Gasteiger partial charge in [0.1, 0.15) is 5.69 Å². The molecule has 0 atom stereocenters. The Morgan fingerprint density at radius 1 is 1.12 bits per heavy atom. The first-order chi connectivity index (χ1) is 11.9. The molecule has 4 heteroatoms. The van der Waals surface area contributed by atoms with Crippen LogP contribution in [0.15, 0.2) is 42.5 Å². The molecule has 0 bridgehead atoms. The number of hydrogen-bond donors (Lipinski definition) is 1. The molecule has 1 aliphatic rings. The van der Waals surface area contributed by atoms with Gasteiger partial charge < -0.3 is 5.73 Å². The maximum atomic E-state index is 11.3. The average Bonchev–Trinajstić information content (AvgIpc) is 2.61. The Labute approximate surface area is 162 Å². The summed E-state index contributed by atoms with van der Waals surface area (Å²) in [5.41, 5.74) is 9.35. The average molecular weight is 373 g/mol. The minimum atomic E-state index is -0.492. The van der Waals surface area contributed by atoms with Crippen molar-refractivity contribution in [2.24, 2.45) is 17.1 Å². The van der Waals surface area contributed by atoms with Crippen LogP contribution in [0.25, 0.3) is 11.3 Å². The third kappa shape index (κ3) is 5.31. The number of pyridine rings is 1. The molecule has 0 aliphatic heterocycles. The van der Waals surface area contributed by atoms with E-state index in [1.165, 1.54) is 37.7 Å². The van der Waals surface area contributed by atoms with Crippen LogP contribution in [0.4, 0.5) is 0 Å². The number of nitrogens with two attached hydrogens (primary N) is 1. The summed E-state index contributed by atoms with van der Waals surface area (Å²) in [7, 11) is 0. The second-order valence-corrected chi connectivity index (χ2v) is 8.12. The fourth-order valence-corrected chi connectivity index (χ4v) is 3.69. The van der Waals surface area contributed by atoms with E-state index < -0.39 is 5.91 Å². The normalized spacial score (nSPS) is 16.7. The molecule has 140 valence electrons. The van der Waals surface area contributed by atoms with Crippen molar-refractivity contribution in [1.29, 1.82) is 0 Å². The predicted molar refractivity (Wildman–Crippen MR) is 109 cm³/mol. The Bertz CT molecular complexity index is 730. The van der Waals surface area contributed by atoms with Crippen molar-refractivity contribution in [2.75, 3.05) is 0 Å². The van der Waals surface area contributed by atoms with Crippen molar-refractivity contribution in [3.8, 4) is 11.3 Å². The minimum absolute atomic E-state index is 0. The standard InChI is InChI=1S/C22H28N2O.ClH/c1-22(2)14-12-17(13-15-22)7-6-16-8-10-18(11-9-16)19-4-3-5-20(24-19)21(23)25;/h3-5,8-11,17H,6-7,12-15H2,1-2H3,(H2,23,25);1H. The smallest absolute Gasteiger partial charge is 0.267 e. The van der Waals surface area contributed by atoms with E-state index in [0.717, 1.165) is 23.6 Å². The molecule has 2 N–H and O–H groups in total. The molecule has 26 heavy (non-hydrogen) atoms. The monoisotopic (exact) mass is 372 g/mol. The number of carbonyl (C=O) groups excluding carboxylic acids is 1. The van der Waals surface area contributed by atoms with Gasteiger partial charge in [0.25, 0.3) is 5.91 Å². The summed E-state index contributed by atoms with van der Waals surface area (Å²) >= 11 is 0. The van der Waals surface area contributed by atoms with Gasteiger partial charge in [-0.2, -0.15) is 0 Å². The minimum Gasteiger partial charge on any atom is -0.364 e. The molecule has 1 saturated carbocycles. The van der Waals surface area contributed by atoms with E-state index in [1.54, 1.807) is 6.07 Å². The molecular weight excluding hydrogens is 344 g/mol. The van der Waals surface area contributed by atoms with Crippen LogP contribution in [0.2, 0.25) is 0 Å². The number of hydrogen-bond acceptors (Lipinski definition) is 2.